The zero-order chi connectivity index (χ0) is 9.97. The molecule has 1 aliphatic heterocycles. The number of hydrogen-bond acceptors (Lipinski definition) is 5. The van der Waals surface area contributed by atoms with E-state index in [9.17, 15) is 10.1 Å². The molecule has 0 atom stereocenters. The van der Waals surface area contributed by atoms with E-state index < -0.39 is 11.2 Å². The second-order valence-corrected chi connectivity index (χ2v) is 2.57. The molecule has 0 fully saturated rings. The van der Waals surface area contributed by atoms with E-state index in [4.69, 9.17) is 9.47 Å². The van der Waals surface area contributed by atoms with Gasteiger partial charge in [0.25, 0.3) is 12.0 Å². The summed E-state index contributed by atoms with van der Waals surface area (Å²) in [6.45, 7) is 0. The van der Waals surface area contributed by atoms with Crippen LogP contribution >= 0.6 is 0 Å². The minimum absolute atomic E-state index is 0.110. The highest BCUT2D eigenvalue weighted by atomic mass is 16.7. The first kappa shape index (κ1) is 8.49. The molecule has 1 aromatic heterocycles. The number of pyridine rings is 1. The first-order chi connectivity index (χ1) is 6.79. The summed E-state index contributed by atoms with van der Waals surface area (Å²) < 4.78 is 9.99. The van der Waals surface area contributed by atoms with Crippen LogP contribution in [0, 0.1) is 10.1 Å². The van der Waals surface area contributed by atoms with Crippen LogP contribution in [0.5, 0.6) is 0 Å². The smallest absolute Gasteiger partial charge is 0.298 e. The molecule has 1 aromatic rings. The molecule has 0 aliphatic carbocycles. The molecule has 14 heavy (non-hydrogen) atoms. The lowest BCUT2D eigenvalue weighted by atomic mass is 10.2. The second-order valence-electron chi connectivity index (χ2n) is 2.57. The highest BCUT2D eigenvalue weighted by Gasteiger charge is 2.25. The predicted molar refractivity (Wildman–Crippen MR) is 44.9 cm³/mol. The van der Waals surface area contributed by atoms with E-state index in [1.165, 1.54) is 31.0 Å². The third-order valence-electron chi connectivity index (χ3n) is 1.74. The first-order valence-corrected chi connectivity index (χ1v) is 3.83. The average Bonchev–Trinajstić information content (AvgIpc) is 2.70. The summed E-state index contributed by atoms with van der Waals surface area (Å²) in [4.78, 5) is 13.8. The van der Waals surface area contributed by atoms with Crippen molar-refractivity contribution in [2.75, 3.05) is 0 Å². The summed E-state index contributed by atoms with van der Waals surface area (Å²) in [7, 11) is 0. The molecule has 6 heteroatoms. The zero-order valence-corrected chi connectivity index (χ0v) is 6.99. The maximum Gasteiger partial charge on any atom is 0.298 e. The van der Waals surface area contributed by atoms with Crippen LogP contribution in [0.25, 0.3) is 0 Å². The van der Waals surface area contributed by atoms with Crippen LogP contribution in [-0.4, -0.2) is 9.91 Å². The van der Waals surface area contributed by atoms with Gasteiger partial charge < -0.3 is 9.47 Å². The molecular weight excluding hydrogens is 188 g/mol. The fourth-order valence-electron chi connectivity index (χ4n) is 1.13. The highest BCUT2D eigenvalue weighted by molar-refractivity contribution is 5.38. The van der Waals surface area contributed by atoms with Crippen molar-refractivity contribution >= 4 is 5.69 Å². The Labute approximate surface area is 78.9 Å². The average molecular weight is 194 g/mol. The van der Waals surface area contributed by atoms with Crippen LogP contribution in [-0.2, 0) is 9.47 Å². The van der Waals surface area contributed by atoms with Crippen molar-refractivity contribution in [1.82, 2.24) is 4.98 Å². The molecule has 0 unspecified atom stereocenters. The van der Waals surface area contributed by atoms with Crippen LogP contribution in [0.4, 0.5) is 5.69 Å². The van der Waals surface area contributed by atoms with Gasteiger partial charge >= 0.3 is 0 Å². The summed E-state index contributed by atoms with van der Waals surface area (Å²) in [5.74, 6) is 0. The number of hydrogen-bond donors (Lipinski definition) is 0. The lowest BCUT2D eigenvalue weighted by Gasteiger charge is -2.09. The summed E-state index contributed by atoms with van der Waals surface area (Å²) in [6, 6.07) is 1.50. The topological polar surface area (TPSA) is 74.5 Å². The standard InChI is InChI=1S/C8H6N2O4/c11-10(12)7-5-9-2-1-6(7)8-13-3-4-14-8/h1-5,8H. The summed E-state index contributed by atoms with van der Waals surface area (Å²) in [5, 5.41) is 10.6. The van der Waals surface area contributed by atoms with Crippen molar-refractivity contribution in [3.05, 3.63) is 46.7 Å². The molecule has 72 valence electrons. The molecule has 0 saturated carbocycles. The lowest BCUT2D eigenvalue weighted by molar-refractivity contribution is -0.387. The van der Waals surface area contributed by atoms with Crippen molar-refractivity contribution in [1.29, 1.82) is 0 Å². The minimum Gasteiger partial charge on any atom is -0.455 e. The van der Waals surface area contributed by atoms with Crippen LogP contribution < -0.4 is 0 Å². The van der Waals surface area contributed by atoms with Crippen LogP contribution in [0.15, 0.2) is 31.0 Å². The SMILES string of the molecule is O=[N+]([O-])c1cnccc1C1OC=CO1. The Morgan fingerprint density at radius 1 is 1.43 bits per heavy atom. The van der Waals surface area contributed by atoms with E-state index >= 15 is 0 Å². The van der Waals surface area contributed by atoms with E-state index in [-0.39, 0.29) is 5.69 Å². The van der Waals surface area contributed by atoms with Gasteiger partial charge in [0.15, 0.2) is 0 Å². The Hall–Kier alpha value is -2.11. The number of nitro groups is 1. The van der Waals surface area contributed by atoms with E-state index in [0.717, 1.165) is 0 Å². The fourth-order valence-corrected chi connectivity index (χ4v) is 1.13. The number of aromatic nitrogens is 1. The third kappa shape index (κ3) is 1.37. The van der Waals surface area contributed by atoms with Crippen molar-refractivity contribution in [2.24, 2.45) is 0 Å². The minimum atomic E-state index is -0.738. The van der Waals surface area contributed by atoms with Gasteiger partial charge in [0.1, 0.15) is 24.3 Å². The van der Waals surface area contributed by atoms with Crippen LogP contribution in [0.3, 0.4) is 0 Å². The molecule has 0 radical (unpaired) electrons. The Morgan fingerprint density at radius 2 is 2.14 bits per heavy atom. The van der Waals surface area contributed by atoms with Crippen LogP contribution in [0.1, 0.15) is 11.9 Å². The number of rotatable bonds is 2. The van der Waals surface area contributed by atoms with Crippen molar-refractivity contribution in [2.45, 2.75) is 6.29 Å². The Kier molecular flexibility index (Phi) is 2.02. The monoisotopic (exact) mass is 194 g/mol. The fraction of sp³-hybridized carbons (Fsp3) is 0.125. The van der Waals surface area contributed by atoms with Gasteiger partial charge in [-0.3, -0.25) is 15.1 Å². The van der Waals surface area contributed by atoms with Gasteiger partial charge in [0.2, 0.25) is 0 Å². The van der Waals surface area contributed by atoms with Gasteiger partial charge in [-0.15, -0.1) is 0 Å². The molecule has 0 amide bonds. The van der Waals surface area contributed by atoms with Crippen molar-refractivity contribution in [3.63, 3.8) is 0 Å². The van der Waals surface area contributed by atoms with Crippen LogP contribution in [0.2, 0.25) is 0 Å². The maximum atomic E-state index is 10.6. The largest absolute Gasteiger partial charge is 0.455 e. The highest BCUT2D eigenvalue weighted by Crippen LogP contribution is 2.30. The molecule has 6 nitrogen and oxygen atoms in total. The van der Waals surface area contributed by atoms with Crippen molar-refractivity contribution in [3.8, 4) is 0 Å². The molecular formula is C8H6N2O4. The Bertz CT molecular complexity index is 383. The van der Waals surface area contributed by atoms with Gasteiger partial charge in [0.05, 0.1) is 4.92 Å². The summed E-state index contributed by atoms with van der Waals surface area (Å²) in [6.07, 6.45) is 4.57. The Balaban J connectivity index is 2.36. The molecule has 2 heterocycles. The number of ether oxygens (including phenoxy) is 2. The van der Waals surface area contributed by atoms with E-state index in [2.05, 4.69) is 4.98 Å². The normalized spacial score (nSPS) is 14.9. The maximum absolute atomic E-state index is 10.6. The van der Waals surface area contributed by atoms with Gasteiger partial charge in [-0.05, 0) is 6.07 Å². The Morgan fingerprint density at radius 3 is 2.79 bits per heavy atom. The van der Waals surface area contributed by atoms with E-state index in [1.54, 1.807) is 0 Å². The van der Waals surface area contributed by atoms with E-state index in [1.807, 2.05) is 0 Å². The van der Waals surface area contributed by atoms with Gasteiger partial charge in [-0.25, -0.2) is 0 Å². The molecule has 0 spiro atoms. The second kappa shape index (κ2) is 3.33. The zero-order valence-electron chi connectivity index (χ0n) is 6.99. The molecule has 2 rings (SSSR count). The lowest BCUT2D eigenvalue weighted by Crippen LogP contribution is -2.03. The quantitative estimate of drug-likeness (QED) is 0.526. The third-order valence-corrected chi connectivity index (χ3v) is 1.74. The van der Waals surface area contributed by atoms with Gasteiger partial charge in [-0.1, -0.05) is 0 Å². The molecule has 0 saturated heterocycles. The predicted octanol–water partition coefficient (Wildman–Crippen LogP) is 1.51. The summed E-state index contributed by atoms with van der Waals surface area (Å²) >= 11 is 0. The molecule has 0 N–H and O–H groups in total. The molecule has 0 bridgehead atoms. The molecule has 1 aliphatic rings. The first-order valence-electron chi connectivity index (χ1n) is 3.83. The van der Waals surface area contributed by atoms with E-state index in [0.29, 0.717) is 5.56 Å². The van der Waals surface area contributed by atoms with Gasteiger partial charge in [0, 0.05) is 6.20 Å². The van der Waals surface area contributed by atoms with Gasteiger partial charge in [-0.2, -0.15) is 0 Å². The van der Waals surface area contributed by atoms with Crippen molar-refractivity contribution < 1.29 is 14.4 Å². The molecule has 0 aromatic carbocycles. The number of nitrogens with zero attached hydrogens (tertiary/aromatic N) is 2. The summed E-state index contributed by atoms with van der Waals surface area (Å²) in [5.41, 5.74) is 0.246.